The summed E-state index contributed by atoms with van der Waals surface area (Å²) in [6, 6.07) is 7.02. The second kappa shape index (κ2) is 7.04. The Morgan fingerprint density at radius 3 is 2.96 bits per heavy atom. The van der Waals surface area contributed by atoms with Crippen LogP contribution in [-0.4, -0.2) is 57.5 Å². The largest absolute Gasteiger partial charge is 0.468 e. The summed E-state index contributed by atoms with van der Waals surface area (Å²) < 4.78 is 6.05. The highest BCUT2D eigenvalue weighted by Crippen LogP contribution is 2.20. The van der Waals surface area contributed by atoms with Gasteiger partial charge in [-0.05, 0) is 12.1 Å². The van der Waals surface area contributed by atoms with Crippen molar-refractivity contribution in [3.63, 3.8) is 0 Å². The lowest BCUT2D eigenvalue weighted by Crippen LogP contribution is -2.46. The van der Waals surface area contributed by atoms with E-state index in [-0.39, 0.29) is 29.2 Å². The van der Waals surface area contributed by atoms with Gasteiger partial charge in [0.15, 0.2) is 0 Å². The summed E-state index contributed by atoms with van der Waals surface area (Å²) in [6.45, 7) is 0.758. The van der Waals surface area contributed by atoms with Crippen LogP contribution < -0.4 is 5.56 Å². The van der Waals surface area contributed by atoms with Crippen LogP contribution in [0, 0.1) is 0 Å². The molecule has 1 aliphatic heterocycles. The molecule has 1 amide bonds. The first-order valence-electron chi connectivity index (χ1n) is 7.51. The maximum atomic E-state index is 12.5. The Kier molecular flexibility index (Phi) is 4.84. The van der Waals surface area contributed by atoms with Crippen molar-refractivity contribution in [3.05, 3.63) is 40.9 Å². The van der Waals surface area contributed by atoms with Gasteiger partial charge >= 0.3 is 5.97 Å². The average Bonchev–Trinajstić information content (AvgIpc) is 2.63. The lowest BCUT2D eigenvalue weighted by molar-refractivity contribution is -0.141. The highest BCUT2D eigenvalue weighted by molar-refractivity contribution is 8.00. The molecule has 2 aromatic rings. The van der Waals surface area contributed by atoms with E-state index in [0.717, 1.165) is 0 Å². The molecule has 0 radical (unpaired) electrons. The lowest BCUT2D eigenvalue weighted by atomic mass is 10.2. The third-order valence-corrected chi connectivity index (χ3v) is 5.08. The van der Waals surface area contributed by atoms with Gasteiger partial charge in [-0.15, -0.1) is 11.8 Å². The lowest BCUT2D eigenvalue weighted by Gasteiger charge is -2.31. The Labute approximate surface area is 142 Å². The molecule has 0 N–H and O–H groups in total. The van der Waals surface area contributed by atoms with Gasteiger partial charge < -0.3 is 9.64 Å². The molecule has 7 nitrogen and oxygen atoms in total. The van der Waals surface area contributed by atoms with Crippen LogP contribution >= 0.6 is 11.8 Å². The van der Waals surface area contributed by atoms with Gasteiger partial charge in [-0.2, -0.15) is 0 Å². The van der Waals surface area contributed by atoms with Crippen LogP contribution in [0.15, 0.2) is 35.4 Å². The summed E-state index contributed by atoms with van der Waals surface area (Å²) in [5, 5.41) is 0.105. The van der Waals surface area contributed by atoms with Crippen LogP contribution in [0.4, 0.5) is 0 Å². The molecule has 1 atom stereocenters. The highest BCUT2D eigenvalue weighted by atomic mass is 32.2. The van der Waals surface area contributed by atoms with Crippen LogP contribution in [-0.2, 0) is 20.9 Å². The number of benzene rings is 1. The van der Waals surface area contributed by atoms with Crippen molar-refractivity contribution < 1.29 is 14.3 Å². The summed E-state index contributed by atoms with van der Waals surface area (Å²) in [4.78, 5) is 42.4. The molecule has 1 fully saturated rings. The van der Waals surface area contributed by atoms with E-state index in [1.807, 2.05) is 6.07 Å². The van der Waals surface area contributed by atoms with Gasteiger partial charge in [-0.1, -0.05) is 12.1 Å². The van der Waals surface area contributed by atoms with Gasteiger partial charge in [0.05, 0.1) is 24.3 Å². The number of aromatic nitrogens is 2. The number of thioether (sulfide) groups is 1. The molecule has 126 valence electrons. The van der Waals surface area contributed by atoms with Crippen LogP contribution in [0.25, 0.3) is 10.9 Å². The summed E-state index contributed by atoms with van der Waals surface area (Å²) in [6.07, 6.45) is 1.39. The fourth-order valence-electron chi connectivity index (χ4n) is 2.61. The predicted octanol–water partition coefficient (Wildman–Crippen LogP) is 0.513. The van der Waals surface area contributed by atoms with Crippen LogP contribution in [0.3, 0.4) is 0 Å². The van der Waals surface area contributed by atoms with E-state index in [4.69, 9.17) is 4.74 Å². The minimum atomic E-state index is -0.376. The zero-order chi connectivity index (χ0) is 17.1. The van der Waals surface area contributed by atoms with Gasteiger partial charge in [-0.3, -0.25) is 19.0 Å². The van der Waals surface area contributed by atoms with E-state index in [1.54, 1.807) is 23.1 Å². The van der Waals surface area contributed by atoms with E-state index in [1.165, 1.54) is 29.8 Å². The minimum absolute atomic E-state index is 0.0881. The smallest absolute Gasteiger partial charge is 0.320 e. The maximum absolute atomic E-state index is 12.5. The SMILES string of the molecule is COC(=O)[C@@H]1CN(C(=O)Cn2cnc3ccccc3c2=O)CCS1. The topological polar surface area (TPSA) is 81.5 Å². The number of carbonyl (C=O) groups excluding carboxylic acids is 2. The zero-order valence-corrected chi connectivity index (χ0v) is 14.0. The first-order valence-corrected chi connectivity index (χ1v) is 8.56. The van der Waals surface area contributed by atoms with Crippen molar-refractivity contribution in [1.82, 2.24) is 14.5 Å². The van der Waals surface area contributed by atoms with Crippen molar-refractivity contribution in [2.75, 3.05) is 26.0 Å². The minimum Gasteiger partial charge on any atom is -0.468 e. The van der Waals surface area contributed by atoms with Crippen molar-refractivity contribution in [3.8, 4) is 0 Å². The molecule has 1 saturated heterocycles. The maximum Gasteiger partial charge on any atom is 0.320 e. The van der Waals surface area contributed by atoms with Gasteiger partial charge in [-0.25, -0.2) is 4.98 Å². The van der Waals surface area contributed by atoms with E-state index in [9.17, 15) is 14.4 Å². The molecule has 0 aliphatic carbocycles. The standard InChI is InChI=1S/C16H17N3O4S/c1-23-16(22)13-8-18(6-7-24-13)14(20)9-19-10-17-12-5-3-2-4-11(12)15(19)21/h2-5,10,13H,6-9H2,1H3/t13-/m0/s1. The normalized spacial score (nSPS) is 17.7. The number of nitrogens with zero attached hydrogens (tertiary/aromatic N) is 3. The number of esters is 1. The Morgan fingerprint density at radius 2 is 2.17 bits per heavy atom. The molecule has 0 spiro atoms. The molecular weight excluding hydrogens is 330 g/mol. The van der Waals surface area contributed by atoms with Gasteiger partial charge in [0.1, 0.15) is 11.8 Å². The van der Waals surface area contributed by atoms with E-state index < -0.39 is 0 Å². The number of para-hydroxylation sites is 1. The third-order valence-electron chi connectivity index (χ3n) is 3.92. The predicted molar refractivity (Wildman–Crippen MR) is 90.8 cm³/mol. The molecule has 3 rings (SSSR count). The van der Waals surface area contributed by atoms with Gasteiger partial charge in [0, 0.05) is 18.8 Å². The molecule has 24 heavy (non-hydrogen) atoms. The molecular formula is C16H17N3O4S. The first kappa shape index (κ1) is 16.5. The molecule has 2 heterocycles. The van der Waals surface area contributed by atoms with Crippen molar-refractivity contribution >= 4 is 34.5 Å². The Bertz CT molecular complexity index is 835. The number of hydrogen-bond acceptors (Lipinski definition) is 6. The Morgan fingerprint density at radius 1 is 1.38 bits per heavy atom. The van der Waals surface area contributed by atoms with Crippen LogP contribution in [0.2, 0.25) is 0 Å². The number of methoxy groups -OCH3 is 1. The fourth-order valence-corrected chi connectivity index (χ4v) is 3.74. The molecule has 0 saturated carbocycles. The van der Waals surface area contributed by atoms with Crippen molar-refractivity contribution in [2.24, 2.45) is 0 Å². The van der Waals surface area contributed by atoms with Crippen molar-refractivity contribution in [1.29, 1.82) is 0 Å². The number of rotatable bonds is 3. The van der Waals surface area contributed by atoms with E-state index in [2.05, 4.69) is 4.98 Å². The number of carbonyl (C=O) groups is 2. The molecule has 1 aromatic carbocycles. The van der Waals surface area contributed by atoms with Crippen LogP contribution in [0.1, 0.15) is 0 Å². The molecule has 0 unspecified atom stereocenters. The van der Waals surface area contributed by atoms with E-state index >= 15 is 0 Å². The monoisotopic (exact) mass is 347 g/mol. The molecule has 0 bridgehead atoms. The van der Waals surface area contributed by atoms with Gasteiger partial charge in [0.2, 0.25) is 5.91 Å². The summed E-state index contributed by atoms with van der Waals surface area (Å²) in [5.74, 6) is 0.126. The molecule has 8 heteroatoms. The highest BCUT2D eigenvalue weighted by Gasteiger charge is 2.29. The summed E-state index contributed by atoms with van der Waals surface area (Å²) in [7, 11) is 1.34. The molecule has 1 aliphatic rings. The Hall–Kier alpha value is -2.35. The van der Waals surface area contributed by atoms with Crippen molar-refractivity contribution in [2.45, 2.75) is 11.8 Å². The van der Waals surface area contributed by atoms with Gasteiger partial charge in [0.25, 0.3) is 5.56 Å². The average molecular weight is 347 g/mol. The van der Waals surface area contributed by atoms with Crippen LogP contribution in [0.5, 0.6) is 0 Å². The number of amides is 1. The zero-order valence-electron chi connectivity index (χ0n) is 13.2. The number of ether oxygens (including phenoxy) is 1. The Balaban J connectivity index is 1.76. The second-order valence-electron chi connectivity index (χ2n) is 5.42. The third kappa shape index (κ3) is 3.28. The summed E-state index contributed by atoms with van der Waals surface area (Å²) >= 11 is 1.48. The fraction of sp³-hybridized carbons (Fsp3) is 0.375. The quantitative estimate of drug-likeness (QED) is 0.753. The first-order chi connectivity index (χ1) is 11.6. The summed E-state index contributed by atoms with van der Waals surface area (Å²) in [5.41, 5.74) is 0.358. The number of fused-ring (bicyclic) bond motifs is 1. The number of hydrogen-bond donors (Lipinski definition) is 0. The van der Waals surface area contributed by atoms with E-state index in [0.29, 0.717) is 29.7 Å². The second-order valence-corrected chi connectivity index (χ2v) is 6.73. The molecule has 1 aromatic heterocycles.